The van der Waals surface area contributed by atoms with Gasteiger partial charge in [0.05, 0.1) is 0 Å². The molecule has 0 amide bonds. The summed E-state index contributed by atoms with van der Waals surface area (Å²) in [6.45, 7) is 6.36. The van der Waals surface area contributed by atoms with Crippen molar-refractivity contribution in [1.29, 1.82) is 0 Å². The van der Waals surface area contributed by atoms with Crippen LogP contribution in [-0.4, -0.2) is 9.97 Å². The van der Waals surface area contributed by atoms with Crippen LogP contribution in [0.1, 0.15) is 81.3 Å². The van der Waals surface area contributed by atoms with E-state index < -0.39 is 0 Å². The second kappa shape index (κ2) is 5.68. The van der Waals surface area contributed by atoms with E-state index >= 15 is 0 Å². The third-order valence-electron chi connectivity index (χ3n) is 3.98. The average molecular weight is 247 g/mol. The van der Waals surface area contributed by atoms with Crippen molar-refractivity contribution in [3.05, 3.63) is 17.1 Å². The van der Waals surface area contributed by atoms with E-state index in [1.807, 2.05) is 0 Å². The molecular formula is C15H25N3. The van der Waals surface area contributed by atoms with Crippen molar-refractivity contribution in [1.82, 2.24) is 9.97 Å². The second-order valence-corrected chi connectivity index (χ2v) is 5.81. The zero-order chi connectivity index (χ0) is 13.1. The minimum atomic E-state index is 0.396. The summed E-state index contributed by atoms with van der Waals surface area (Å²) in [5.41, 5.74) is 8.30. The molecule has 1 aliphatic carbocycles. The summed E-state index contributed by atoms with van der Waals surface area (Å²) < 4.78 is 0. The molecule has 0 unspecified atom stereocenters. The molecule has 0 aliphatic heterocycles. The number of nitrogen functional groups attached to an aromatic ring is 1. The van der Waals surface area contributed by atoms with Crippen LogP contribution < -0.4 is 5.73 Å². The number of hydrogen-bond acceptors (Lipinski definition) is 3. The van der Waals surface area contributed by atoms with Gasteiger partial charge in [-0.2, -0.15) is 0 Å². The Hall–Kier alpha value is -1.12. The Bertz CT molecular complexity index is 381. The highest BCUT2D eigenvalue weighted by Gasteiger charge is 2.20. The molecule has 2 rings (SSSR count). The van der Waals surface area contributed by atoms with Crippen LogP contribution in [0.3, 0.4) is 0 Å². The lowest BCUT2D eigenvalue weighted by molar-refractivity contribution is 0.557. The van der Waals surface area contributed by atoms with E-state index in [0.717, 1.165) is 17.1 Å². The molecule has 0 bridgehead atoms. The molecule has 0 aromatic carbocycles. The zero-order valence-electron chi connectivity index (χ0n) is 11.9. The lowest BCUT2D eigenvalue weighted by atomic mass is 9.97. The average Bonchev–Trinajstić information content (AvgIpc) is 2.55. The maximum absolute atomic E-state index is 6.12. The Kier molecular flexibility index (Phi) is 4.20. The van der Waals surface area contributed by atoms with Gasteiger partial charge in [0.1, 0.15) is 11.6 Å². The SMILES string of the molecule is Cc1nc(C2CCCCCC2)nc(N)c1C(C)C. The van der Waals surface area contributed by atoms with E-state index in [0.29, 0.717) is 17.7 Å². The first-order valence-corrected chi connectivity index (χ1v) is 7.23. The Morgan fingerprint density at radius 1 is 1.06 bits per heavy atom. The van der Waals surface area contributed by atoms with Crippen molar-refractivity contribution < 1.29 is 0 Å². The first-order valence-electron chi connectivity index (χ1n) is 7.23. The van der Waals surface area contributed by atoms with E-state index in [4.69, 9.17) is 10.7 Å². The summed E-state index contributed by atoms with van der Waals surface area (Å²) in [5, 5.41) is 0. The molecule has 0 atom stereocenters. The fraction of sp³-hybridized carbons (Fsp3) is 0.733. The van der Waals surface area contributed by atoms with Crippen LogP contribution in [0.5, 0.6) is 0 Å². The van der Waals surface area contributed by atoms with E-state index in [2.05, 4.69) is 25.8 Å². The number of aromatic nitrogens is 2. The van der Waals surface area contributed by atoms with Crippen LogP contribution in [0.2, 0.25) is 0 Å². The third-order valence-corrected chi connectivity index (χ3v) is 3.98. The van der Waals surface area contributed by atoms with Gasteiger partial charge in [-0.1, -0.05) is 39.5 Å². The van der Waals surface area contributed by atoms with Crippen molar-refractivity contribution in [2.75, 3.05) is 5.73 Å². The van der Waals surface area contributed by atoms with Gasteiger partial charge in [-0.05, 0) is 25.7 Å². The monoisotopic (exact) mass is 247 g/mol. The van der Waals surface area contributed by atoms with Crippen molar-refractivity contribution in [3.63, 3.8) is 0 Å². The predicted molar refractivity (Wildman–Crippen MR) is 75.7 cm³/mol. The Labute approximate surface area is 110 Å². The number of rotatable bonds is 2. The summed E-state index contributed by atoms with van der Waals surface area (Å²) in [6, 6.07) is 0. The van der Waals surface area contributed by atoms with Crippen molar-refractivity contribution in [3.8, 4) is 0 Å². The van der Waals surface area contributed by atoms with Gasteiger partial charge in [0.15, 0.2) is 0 Å². The Balaban J connectivity index is 2.29. The van der Waals surface area contributed by atoms with Gasteiger partial charge < -0.3 is 5.73 Å². The molecule has 1 aromatic rings. The predicted octanol–water partition coefficient (Wildman–Crippen LogP) is 3.93. The summed E-state index contributed by atoms with van der Waals surface area (Å²) in [7, 11) is 0. The molecule has 1 aromatic heterocycles. The number of nitrogens with zero attached hydrogens (tertiary/aromatic N) is 2. The highest BCUT2D eigenvalue weighted by atomic mass is 15.0. The van der Waals surface area contributed by atoms with Gasteiger partial charge in [0.25, 0.3) is 0 Å². The molecule has 0 radical (unpaired) electrons. The molecule has 1 fully saturated rings. The zero-order valence-corrected chi connectivity index (χ0v) is 11.9. The summed E-state index contributed by atoms with van der Waals surface area (Å²) >= 11 is 0. The number of aryl methyl sites for hydroxylation is 1. The first kappa shape index (κ1) is 13.3. The number of nitrogens with two attached hydrogens (primary N) is 1. The minimum Gasteiger partial charge on any atom is -0.383 e. The van der Waals surface area contributed by atoms with Gasteiger partial charge >= 0.3 is 0 Å². The Morgan fingerprint density at radius 3 is 2.17 bits per heavy atom. The van der Waals surface area contributed by atoms with Crippen LogP contribution in [0.15, 0.2) is 0 Å². The van der Waals surface area contributed by atoms with Crippen molar-refractivity contribution in [2.45, 2.75) is 71.1 Å². The fourth-order valence-electron chi connectivity index (χ4n) is 3.06. The van der Waals surface area contributed by atoms with E-state index in [9.17, 15) is 0 Å². The lowest BCUT2D eigenvalue weighted by Crippen LogP contribution is -2.11. The van der Waals surface area contributed by atoms with Gasteiger partial charge in [-0.25, -0.2) is 9.97 Å². The second-order valence-electron chi connectivity index (χ2n) is 5.81. The van der Waals surface area contributed by atoms with Crippen LogP contribution in [0.4, 0.5) is 5.82 Å². The molecule has 1 heterocycles. The van der Waals surface area contributed by atoms with Gasteiger partial charge in [-0.15, -0.1) is 0 Å². The Morgan fingerprint density at radius 2 is 1.67 bits per heavy atom. The molecule has 1 saturated carbocycles. The van der Waals surface area contributed by atoms with Crippen LogP contribution in [0.25, 0.3) is 0 Å². The number of hydrogen-bond donors (Lipinski definition) is 1. The van der Waals surface area contributed by atoms with E-state index in [1.54, 1.807) is 0 Å². The molecule has 3 nitrogen and oxygen atoms in total. The largest absolute Gasteiger partial charge is 0.383 e. The molecule has 1 aliphatic rings. The highest BCUT2D eigenvalue weighted by Crippen LogP contribution is 2.32. The highest BCUT2D eigenvalue weighted by molar-refractivity contribution is 5.44. The smallest absolute Gasteiger partial charge is 0.134 e. The maximum atomic E-state index is 6.12. The molecule has 0 saturated heterocycles. The molecule has 3 heteroatoms. The third kappa shape index (κ3) is 2.82. The molecule has 0 spiro atoms. The summed E-state index contributed by atoms with van der Waals surface area (Å²) in [4.78, 5) is 9.32. The minimum absolute atomic E-state index is 0.396. The summed E-state index contributed by atoms with van der Waals surface area (Å²) in [6.07, 6.45) is 7.77. The molecular weight excluding hydrogens is 222 g/mol. The molecule has 18 heavy (non-hydrogen) atoms. The van der Waals surface area contributed by atoms with E-state index in [1.165, 1.54) is 38.5 Å². The summed E-state index contributed by atoms with van der Waals surface area (Å²) in [5.74, 6) is 2.59. The van der Waals surface area contributed by atoms with Gasteiger partial charge in [0.2, 0.25) is 0 Å². The molecule has 100 valence electrons. The number of anilines is 1. The van der Waals surface area contributed by atoms with Gasteiger partial charge in [0, 0.05) is 17.2 Å². The lowest BCUT2D eigenvalue weighted by Gasteiger charge is -2.17. The van der Waals surface area contributed by atoms with Crippen molar-refractivity contribution >= 4 is 5.82 Å². The standard InChI is InChI=1S/C15H25N3/c1-10(2)13-11(3)17-15(18-14(13)16)12-8-6-4-5-7-9-12/h10,12H,4-9H2,1-3H3,(H2,16,17,18). The van der Waals surface area contributed by atoms with Gasteiger partial charge in [-0.3, -0.25) is 0 Å². The van der Waals surface area contributed by atoms with Crippen LogP contribution in [0, 0.1) is 6.92 Å². The molecule has 2 N–H and O–H groups in total. The van der Waals surface area contributed by atoms with Crippen LogP contribution in [-0.2, 0) is 0 Å². The topological polar surface area (TPSA) is 51.8 Å². The maximum Gasteiger partial charge on any atom is 0.134 e. The first-order chi connectivity index (χ1) is 8.59. The van der Waals surface area contributed by atoms with E-state index in [-0.39, 0.29) is 0 Å². The van der Waals surface area contributed by atoms with Crippen LogP contribution >= 0.6 is 0 Å². The normalized spacial score (nSPS) is 18.0. The van der Waals surface area contributed by atoms with Crippen molar-refractivity contribution in [2.24, 2.45) is 0 Å². The quantitative estimate of drug-likeness (QED) is 0.806. The fourth-order valence-corrected chi connectivity index (χ4v) is 3.06.